The van der Waals surface area contributed by atoms with Crippen molar-refractivity contribution in [3.63, 3.8) is 0 Å². The Morgan fingerprint density at radius 2 is 2.00 bits per heavy atom. The molecule has 1 heterocycles. The highest BCUT2D eigenvalue weighted by atomic mass is 35.5. The molecule has 0 spiro atoms. The number of hydrogen-bond donors (Lipinski definition) is 0. The van der Waals surface area contributed by atoms with Crippen LogP contribution in [0, 0.1) is 6.92 Å². The van der Waals surface area contributed by atoms with E-state index in [1.54, 1.807) is 36.5 Å². The van der Waals surface area contributed by atoms with E-state index in [9.17, 15) is 4.79 Å². The van der Waals surface area contributed by atoms with Crippen LogP contribution in [0.5, 0.6) is 5.75 Å². The normalized spacial score (nSPS) is 10.3. The van der Waals surface area contributed by atoms with Crippen LogP contribution in [0.1, 0.15) is 11.1 Å². The predicted molar refractivity (Wildman–Crippen MR) is 87.3 cm³/mol. The number of aryl methyl sites for hydroxylation is 1. The summed E-state index contributed by atoms with van der Waals surface area (Å²) in [4.78, 5) is 17.7. The van der Waals surface area contributed by atoms with Crippen LogP contribution >= 0.6 is 11.6 Å². The number of hydrogen-bond acceptors (Lipinski definition) is 3. The first-order valence-electron chi connectivity index (χ1n) is 7.08. The number of likely N-dealkylation sites (N-methyl/N-ethyl adjacent to an activating group) is 1. The quantitative estimate of drug-likeness (QED) is 0.822. The van der Waals surface area contributed by atoms with E-state index < -0.39 is 0 Å². The Labute approximate surface area is 135 Å². The lowest BCUT2D eigenvalue weighted by Gasteiger charge is -2.17. The van der Waals surface area contributed by atoms with Crippen LogP contribution in [0.15, 0.2) is 42.7 Å². The maximum atomic E-state index is 12.1. The molecular formula is C17H19ClN2O2. The first kappa shape index (κ1) is 16.3. The van der Waals surface area contributed by atoms with Crippen molar-refractivity contribution in [2.24, 2.45) is 0 Å². The first-order valence-corrected chi connectivity index (χ1v) is 7.46. The van der Waals surface area contributed by atoms with Gasteiger partial charge >= 0.3 is 0 Å². The summed E-state index contributed by atoms with van der Waals surface area (Å²) in [5, 5.41) is 0.688. The van der Waals surface area contributed by atoms with E-state index in [0.717, 1.165) is 17.5 Å². The molecule has 0 unspecified atom stereocenters. The summed E-state index contributed by atoms with van der Waals surface area (Å²) >= 11 is 5.96. The Morgan fingerprint density at radius 1 is 1.27 bits per heavy atom. The average Bonchev–Trinajstić information content (AvgIpc) is 2.54. The Morgan fingerprint density at radius 3 is 2.68 bits per heavy atom. The number of nitrogens with zero attached hydrogens (tertiary/aromatic N) is 2. The lowest BCUT2D eigenvalue weighted by Crippen LogP contribution is -2.33. The highest BCUT2D eigenvalue weighted by Crippen LogP contribution is 2.20. The van der Waals surface area contributed by atoms with Gasteiger partial charge in [-0.3, -0.25) is 9.78 Å². The zero-order valence-electron chi connectivity index (χ0n) is 12.8. The third-order valence-electron chi connectivity index (χ3n) is 3.40. The molecule has 0 bridgehead atoms. The van der Waals surface area contributed by atoms with Crippen molar-refractivity contribution in [2.75, 3.05) is 20.2 Å². The molecule has 116 valence electrons. The fourth-order valence-corrected chi connectivity index (χ4v) is 2.05. The molecule has 0 N–H and O–H groups in total. The second-order valence-electron chi connectivity index (χ2n) is 5.12. The van der Waals surface area contributed by atoms with Gasteiger partial charge in [0.15, 0.2) is 6.61 Å². The Hall–Kier alpha value is -2.07. The Bertz CT molecular complexity index is 632. The van der Waals surface area contributed by atoms with Gasteiger partial charge in [0.05, 0.1) is 0 Å². The Balaban J connectivity index is 1.79. The maximum Gasteiger partial charge on any atom is 0.260 e. The first-order chi connectivity index (χ1) is 10.6. The number of aromatic nitrogens is 1. The predicted octanol–water partition coefficient (Wildman–Crippen LogP) is 3.12. The molecule has 0 saturated carbocycles. The molecule has 0 aliphatic rings. The SMILES string of the molecule is Cc1cc(OCC(=O)N(C)CCc2ccncc2)ccc1Cl. The van der Waals surface area contributed by atoms with Crippen LogP contribution in [-0.4, -0.2) is 36.0 Å². The molecule has 4 nitrogen and oxygen atoms in total. The standard InChI is InChI=1S/C17H19ClN2O2/c1-13-11-15(3-4-16(13)18)22-12-17(21)20(2)10-7-14-5-8-19-9-6-14/h3-6,8-9,11H,7,10,12H2,1-2H3. The summed E-state index contributed by atoms with van der Waals surface area (Å²) in [5.74, 6) is 0.597. The molecule has 5 heteroatoms. The molecule has 0 radical (unpaired) electrons. The number of pyridine rings is 1. The Kier molecular flexibility index (Phi) is 5.78. The number of amides is 1. The molecule has 0 saturated heterocycles. The number of carbonyl (C=O) groups is 1. The fraction of sp³-hybridized carbons (Fsp3) is 0.294. The zero-order valence-corrected chi connectivity index (χ0v) is 13.5. The van der Waals surface area contributed by atoms with Crippen LogP contribution in [-0.2, 0) is 11.2 Å². The highest BCUT2D eigenvalue weighted by molar-refractivity contribution is 6.31. The van der Waals surface area contributed by atoms with Crippen LogP contribution in [0.25, 0.3) is 0 Å². The third-order valence-corrected chi connectivity index (χ3v) is 3.83. The summed E-state index contributed by atoms with van der Waals surface area (Å²) in [6.45, 7) is 2.57. The van der Waals surface area contributed by atoms with E-state index in [4.69, 9.17) is 16.3 Å². The van der Waals surface area contributed by atoms with Gasteiger partial charge in [0.1, 0.15) is 5.75 Å². The van der Waals surface area contributed by atoms with Gasteiger partial charge in [-0.25, -0.2) is 0 Å². The van der Waals surface area contributed by atoms with Gasteiger partial charge in [0, 0.05) is 31.0 Å². The van der Waals surface area contributed by atoms with E-state index in [1.165, 1.54) is 0 Å². The molecule has 2 rings (SSSR count). The van der Waals surface area contributed by atoms with Crippen LogP contribution in [0.4, 0.5) is 0 Å². The van der Waals surface area contributed by atoms with E-state index in [2.05, 4.69) is 4.98 Å². The van der Waals surface area contributed by atoms with E-state index in [-0.39, 0.29) is 12.5 Å². The van der Waals surface area contributed by atoms with Crippen molar-refractivity contribution in [3.05, 3.63) is 58.9 Å². The number of carbonyl (C=O) groups excluding carboxylic acids is 1. The zero-order chi connectivity index (χ0) is 15.9. The van der Waals surface area contributed by atoms with Crippen molar-refractivity contribution in [1.82, 2.24) is 9.88 Å². The molecule has 1 aromatic carbocycles. The second-order valence-corrected chi connectivity index (χ2v) is 5.53. The van der Waals surface area contributed by atoms with E-state index >= 15 is 0 Å². The number of rotatable bonds is 6. The largest absolute Gasteiger partial charge is 0.484 e. The average molecular weight is 319 g/mol. The highest BCUT2D eigenvalue weighted by Gasteiger charge is 2.10. The van der Waals surface area contributed by atoms with E-state index in [1.807, 2.05) is 25.1 Å². The monoisotopic (exact) mass is 318 g/mol. The van der Waals surface area contributed by atoms with Gasteiger partial charge in [-0.05, 0) is 54.8 Å². The fourth-order valence-electron chi connectivity index (χ4n) is 1.93. The van der Waals surface area contributed by atoms with Crippen molar-refractivity contribution < 1.29 is 9.53 Å². The lowest BCUT2D eigenvalue weighted by atomic mass is 10.2. The number of ether oxygens (including phenoxy) is 1. The summed E-state index contributed by atoms with van der Waals surface area (Å²) in [5.41, 5.74) is 2.08. The molecule has 0 aliphatic carbocycles. The van der Waals surface area contributed by atoms with Crippen molar-refractivity contribution in [2.45, 2.75) is 13.3 Å². The second kappa shape index (κ2) is 7.80. The molecule has 0 aliphatic heterocycles. The van der Waals surface area contributed by atoms with Gasteiger partial charge in [0.25, 0.3) is 5.91 Å². The topological polar surface area (TPSA) is 42.4 Å². The van der Waals surface area contributed by atoms with Crippen LogP contribution in [0.2, 0.25) is 5.02 Å². The molecule has 22 heavy (non-hydrogen) atoms. The minimum absolute atomic E-state index is 0.0217. The van der Waals surface area contributed by atoms with Crippen molar-refractivity contribution in [1.29, 1.82) is 0 Å². The number of halogens is 1. The van der Waals surface area contributed by atoms with E-state index in [0.29, 0.717) is 17.3 Å². The van der Waals surface area contributed by atoms with Gasteiger partial charge < -0.3 is 9.64 Å². The lowest BCUT2D eigenvalue weighted by molar-refractivity contribution is -0.132. The molecule has 2 aromatic rings. The minimum atomic E-state index is -0.0540. The van der Waals surface area contributed by atoms with Crippen LogP contribution < -0.4 is 4.74 Å². The summed E-state index contributed by atoms with van der Waals surface area (Å²) in [7, 11) is 1.78. The molecule has 0 fully saturated rings. The van der Waals surface area contributed by atoms with Gasteiger partial charge in [-0.15, -0.1) is 0 Å². The van der Waals surface area contributed by atoms with Crippen molar-refractivity contribution >= 4 is 17.5 Å². The number of benzene rings is 1. The molecular weight excluding hydrogens is 300 g/mol. The van der Waals surface area contributed by atoms with Crippen LogP contribution in [0.3, 0.4) is 0 Å². The maximum absolute atomic E-state index is 12.1. The minimum Gasteiger partial charge on any atom is -0.484 e. The molecule has 1 aromatic heterocycles. The molecule has 0 atom stereocenters. The van der Waals surface area contributed by atoms with Gasteiger partial charge in [-0.1, -0.05) is 11.6 Å². The summed E-state index contributed by atoms with van der Waals surface area (Å²) in [6, 6.07) is 9.26. The van der Waals surface area contributed by atoms with Gasteiger partial charge in [-0.2, -0.15) is 0 Å². The van der Waals surface area contributed by atoms with Crippen molar-refractivity contribution in [3.8, 4) is 5.75 Å². The summed E-state index contributed by atoms with van der Waals surface area (Å²) in [6.07, 6.45) is 4.30. The smallest absolute Gasteiger partial charge is 0.260 e. The third kappa shape index (κ3) is 4.74. The molecule has 1 amide bonds. The van der Waals surface area contributed by atoms with Gasteiger partial charge in [0.2, 0.25) is 0 Å². The summed E-state index contributed by atoms with van der Waals surface area (Å²) < 4.78 is 5.52.